The number of hydrogen-bond donors (Lipinski definition) is 2. The first-order valence-electron chi connectivity index (χ1n) is 4.45. The molecule has 78 valence electrons. The lowest BCUT2D eigenvalue weighted by molar-refractivity contribution is 0.303. The minimum atomic E-state index is 0.118. The van der Waals surface area contributed by atoms with Gasteiger partial charge in [-0.3, -0.25) is 5.10 Å². The Labute approximate surface area is 90.8 Å². The summed E-state index contributed by atoms with van der Waals surface area (Å²) in [5.74, 6) is 0. The Balaban J connectivity index is 2.44. The van der Waals surface area contributed by atoms with Gasteiger partial charge < -0.3 is 5.11 Å². The quantitative estimate of drug-likeness (QED) is 0.773. The highest BCUT2D eigenvalue weighted by atomic mass is 35.5. The van der Waals surface area contributed by atoms with E-state index in [-0.39, 0.29) is 6.61 Å². The number of aliphatic hydroxyl groups excluding tert-OH is 1. The van der Waals surface area contributed by atoms with Crippen LogP contribution in [0.2, 0.25) is 5.15 Å². The molecule has 2 N–H and O–H groups in total. The Hall–Kier alpha value is -1.46. The third-order valence-electron chi connectivity index (χ3n) is 1.91. The van der Waals surface area contributed by atoms with Crippen molar-refractivity contribution in [3.63, 3.8) is 0 Å². The second kappa shape index (κ2) is 4.37. The monoisotopic (exact) mass is 224 g/mol. The largest absolute Gasteiger partial charge is 0.396 e. The molecule has 2 aromatic rings. The summed E-state index contributed by atoms with van der Waals surface area (Å²) in [5, 5.41) is 16.5. The molecule has 0 fully saturated rings. The van der Waals surface area contributed by atoms with Crippen molar-refractivity contribution < 1.29 is 5.11 Å². The van der Waals surface area contributed by atoms with Crippen LogP contribution in [0, 0.1) is 0 Å². The van der Waals surface area contributed by atoms with Crippen molar-refractivity contribution >= 4 is 28.7 Å². The average molecular weight is 225 g/mol. The van der Waals surface area contributed by atoms with Crippen molar-refractivity contribution in [2.24, 2.45) is 0 Å². The van der Waals surface area contributed by atoms with Gasteiger partial charge in [0.05, 0.1) is 11.1 Å². The van der Waals surface area contributed by atoms with E-state index in [0.29, 0.717) is 22.6 Å². The van der Waals surface area contributed by atoms with Gasteiger partial charge in [0.25, 0.3) is 0 Å². The second-order valence-corrected chi connectivity index (χ2v) is 3.27. The van der Waals surface area contributed by atoms with Gasteiger partial charge in [-0.05, 0) is 12.5 Å². The molecule has 2 heterocycles. The number of aromatic nitrogens is 4. The number of halogens is 1. The van der Waals surface area contributed by atoms with Crippen LogP contribution in [-0.4, -0.2) is 31.9 Å². The standard InChI is InChI=1S/C9H9ClN4O/c10-8-7-6(3-1-2-4-15)13-14-9(7)12-5-11-8/h1,3,5,15H,2,4H2,(H,11,12,13,14). The molecule has 6 heteroatoms. The van der Waals surface area contributed by atoms with Gasteiger partial charge in [0.1, 0.15) is 11.5 Å². The lowest BCUT2D eigenvalue weighted by Gasteiger charge is -1.92. The van der Waals surface area contributed by atoms with E-state index >= 15 is 0 Å². The maximum Gasteiger partial charge on any atom is 0.186 e. The number of aromatic amines is 1. The molecule has 2 aromatic heterocycles. The van der Waals surface area contributed by atoms with Gasteiger partial charge in [0.2, 0.25) is 0 Å². The molecule has 15 heavy (non-hydrogen) atoms. The van der Waals surface area contributed by atoms with Crippen molar-refractivity contribution in [2.45, 2.75) is 6.42 Å². The van der Waals surface area contributed by atoms with Gasteiger partial charge in [0.15, 0.2) is 5.65 Å². The van der Waals surface area contributed by atoms with Crippen molar-refractivity contribution in [3.8, 4) is 0 Å². The topological polar surface area (TPSA) is 74.7 Å². The number of H-pyrrole nitrogens is 1. The highest BCUT2D eigenvalue weighted by Crippen LogP contribution is 2.21. The lowest BCUT2D eigenvalue weighted by Crippen LogP contribution is -1.81. The lowest BCUT2D eigenvalue weighted by atomic mass is 10.2. The molecule has 0 aromatic carbocycles. The van der Waals surface area contributed by atoms with Gasteiger partial charge in [-0.25, -0.2) is 9.97 Å². The molecule has 0 amide bonds. The van der Waals surface area contributed by atoms with E-state index < -0.39 is 0 Å². The van der Waals surface area contributed by atoms with Gasteiger partial charge in [-0.2, -0.15) is 5.10 Å². The van der Waals surface area contributed by atoms with Gasteiger partial charge in [-0.15, -0.1) is 0 Å². The van der Waals surface area contributed by atoms with Crippen molar-refractivity contribution in [1.29, 1.82) is 0 Å². The first-order valence-corrected chi connectivity index (χ1v) is 4.82. The van der Waals surface area contributed by atoms with Crippen LogP contribution in [0.5, 0.6) is 0 Å². The van der Waals surface area contributed by atoms with Crippen LogP contribution in [0.3, 0.4) is 0 Å². The Bertz CT molecular complexity index is 494. The third kappa shape index (κ3) is 1.98. The van der Waals surface area contributed by atoms with Crippen LogP contribution >= 0.6 is 11.6 Å². The molecular weight excluding hydrogens is 216 g/mol. The predicted octanol–water partition coefficient (Wildman–Crippen LogP) is 1.40. The predicted molar refractivity (Wildman–Crippen MR) is 57.4 cm³/mol. The zero-order valence-electron chi connectivity index (χ0n) is 7.81. The molecule has 2 rings (SSSR count). The molecule has 0 aliphatic carbocycles. The normalized spacial score (nSPS) is 11.6. The number of hydrogen-bond acceptors (Lipinski definition) is 4. The van der Waals surface area contributed by atoms with Crippen LogP contribution in [0.1, 0.15) is 12.1 Å². The smallest absolute Gasteiger partial charge is 0.186 e. The summed E-state index contributed by atoms with van der Waals surface area (Å²) in [5.41, 5.74) is 1.29. The molecule has 0 saturated heterocycles. The summed E-state index contributed by atoms with van der Waals surface area (Å²) < 4.78 is 0. The first-order chi connectivity index (χ1) is 7.33. The number of nitrogens with zero attached hydrogens (tertiary/aromatic N) is 3. The molecule has 0 aliphatic rings. The fourth-order valence-electron chi connectivity index (χ4n) is 1.24. The first kappa shape index (κ1) is 10.1. The van der Waals surface area contributed by atoms with E-state index in [1.165, 1.54) is 6.33 Å². The van der Waals surface area contributed by atoms with E-state index in [1.54, 1.807) is 6.08 Å². The molecule has 0 radical (unpaired) electrons. The molecule has 5 nitrogen and oxygen atoms in total. The van der Waals surface area contributed by atoms with Gasteiger partial charge in [0, 0.05) is 6.61 Å². The van der Waals surface area contributed by atoms with E-state index in [2.05, 4.69) is 20.2 Å². The third-order valence-corrected chi connectivity index (χ3v) is 2.20. The van der Waals surface area contributed by atoms with Crippen LogP contribution in [-0.2, 0) is 0 Å². The molecule has 0 unspecified atom stereocenters. The number of nitrogens with one attached hydrogen (secondary N) is 1. The molecule has 0 aliphatic heterocycles. The average Bonchev–Trinajstić information content (AvgIpc) is 2.63. The maximum absolute atomic E-state index is 8.63. The summed E-state index contributed by atoms with van der Waals surface area (Å²) in [4.78, 5) is 7.85. The Morgan fingerprint density at radius 3 is 3.13 bits per heavy atom. The minimum Gasteiger partial charge on any atom is -0.396 e. The molecule has 0 bridgehead atoms. The number of aliphatic hydroxyl groups is 1. The zero-order chi connectivity index (χ0) is 10.7. The fraction of sp³-hybridized carbons (Fsp3) is 0.222. The van der Waals surface area contributed by atoms with Crippen LogP contribution in [0.15, 0.2) is 12.4 Å². The van der Waals surface area contributed by atoms with Crippen molar-refractivity contribution in [3.05, 3.63) is 23.3 Å². The van der Waals surface area contributed by atoms with E-state index in [9.17, 15) is 0 Å². The van der Waals surface area contributed by atoms with Gasteiger partial charge >= 0.3 is 0 Å². The van der Waals surface area contributed by atoms with E-state index in [4.69, 9.17) is 16.7 Å². The van der Waals surface area contributed by atoms with E-state index in [0.717, 1.165) is 5.69 Å². The number of fused-ring (bicyclic) bond motifs is 1. The minimum absolute atomic E-state index is 0.118. The molecular formula is C9H9ClN4O. The maximum atomic E-state index is 8.63. The van der Waals surface area contributed by atoms with Crippen molar-refractivity contribution in [2.75, 3.05) is 6.61 Å². The molecule has 0 spiro atoms. The summed E-state index contributed by atoms with van der Waals surface area (Å²) >= 11 is 5.92. The Kier molecular flexibility index (Phi) is 2.94. The second-order valence-electron chi connectivity index (χ2n) is 2.92. The number of rotatable bonds is 3. The van der Waals surface area contributed by atoms with Crippen LogP contribution in [0.4, 0.5) is 0 Å². The summed E-state index contributed by atoms with van der Waals surface area (Å²) in [6.07, 6.45) is 5.59. The highest BCUT2D eigenvalue weighted by Gasteiger charge is 2.08. The van der Waals surface area contributed by atoms with Gasteiger partial charge in [-0.1, -0.05) is 17.7 Å². The Morgan fingerprint density at radius 1 is 1.47 bits per heavy atom. The zero-order valence-corrected chi connectivity index (χ0v) is 8.57. The van der Waals surface area contributed by atoms with Crippen LogP contribution in [0.25, 0.3) is 17.1 Å². The molecule has 0 saturated carbocycles. The van der Waals surface area contributed by atoms with E-state index in [1.807, 2.05) is 6.08 Å². The fourth-order valence-corrected chi connectivity index (χ4v) is 1.47. The summed E-state index contributed by atoms with van der Waals surface area (Å²) in [7, 11) is 0. The Morgan fingerprint density at radius 2 is 2.33 bits per heavy atom. The summed E-state index contributed by atoms with van der Waals surface area (Å²) in [6, 6.07) is 0. The highest BCUT2D eigenvalue weighted by molar-refractivity contribution is 6.34. The van der Waals surface area contributed by atoms with Crippen molar-refractivity contribution in [1.82, 2.24) is 20.2 Å². The SMILES string of the molecule is OCCC=Cc1[nH]nc2ncnc(Cl)c12. The molecule has 0 atom stereocenters. The van der Waals surface area contributed by atoms with Crippen LogP contribution < -0.4 is 0 Å². The summed E-state index contributed by atoms with van der Waals surface area (Å²) in [6.45, 7) is 0.118.